The van der Waals surface area contributed by atoms with Gasteiger partial charge in [-0.25, -0.2) is 0 Å². The second-order valence-electron chi connectivity index (χ2n) is 7.29. The van der Waals surface area contributed by atoms with E-state index in [1.165, 1.54) is 0 Å². The Morgan fingerprint density at radius 3 is 2.37 bits per heavy atom. The molecule has 0 radical (unpaired) electrons. The average Bonchev–Trinajstić information content (AvgIpc) is 3.12. The van der Waals surface area contributed by atoms with Crippen LogP contribution in [0.2, 0.25) is 0 Å². The summed E-state index contributed by atoms with van der Waals surface area (Å²) in [6, 6.07) is 24.9. The fraction of sp³-hybridized carbons (Fsp3) is 0.125. The maximum atomic E-state index is 13.3. The molecule has 0 aromatic heterocycles. The van der Waals surface area contributed by atoms with E-state index in [1.54, 1.807) is 0 Å². The summed E-state index contributed by atoms with van der Waals surface area (Å²) in [7, 11) is 0. The first-order chi connectivity index (χ1) is 14.6. The third-order valence-corrected chi connectivity index (χ3v) is 5.98. The molecule has 0 fully saturated rings. The van der Waals surface area contributed by atoms with Crippen LogP contribution in [0, 0.1) is 0 Å². The van der Waals surface area contributed by atoms with E-state index in [-0.39, 0.29) is 23.8 Å². The number of rotatable bonds is 3. The highest BCUT2D eigenvalue weighted by Gasteiger charge is 2.49. The van der Waals surface area contributed by atoms with Crippen molar-refractivity contribution in [2.75, 3.05) is 5.32 Å². The average molecular weight is 463 g/mol. The molecule has 0 aliphatic carbocycles. The predicted molar refractivity (Wildman–Crippen MR) is 118 cm³/mol. The minimum atomic E-state index is -0.396. The molecule has 5 nitrogen and oxygen atoms in total. The minimum Gasteiger partial charge on any atom is -0.485 e. The van der Waals surface area contributed by atoms with Crippen LogP contribution in [0.25, 0.3) is 0 Å². The van der Waals surface area contributed by atoms with Crippen molar-refractivity contribution in [3.63, 3.8) is 0 Å². The molecule has 2 aliphatic heterocycles. The normalized spacial score (nSPS) is 21.8. The van der Waals surface area contributed by atoms with Crippen molar-refractivity contribution in [2.45, 2.75) is 18.1 Å². The van der Waals surface area contributed by atoms with E-state index in [0.717, 1.165) is 21.3 Å². The van der Waals surface area contributed by atoms with Gasteiger partial charge in [-0.15, -0.1) is 0 Å². The maximum Gasteiger partial charge on any atom is 0.257 e. The molecule has 150 valence electrons. The first-order valence-electron chi connectivity index (χ1n) is 9.65. The zero-order chi connectivity index (χ0) is 20.7. The molecular weight excluding hydrogens is 444 g/mol. The smallest absolute Gasteiger partial charge is 0.257 e. The molecule has 30 heavy (non-hydrogen) atoms. The molecule has 1 amide bonds. The highest BCUT2D eigenvalue weighted by Crippen LogP contribution is 2.50. The Kier molecular flexibility index (Phi) is 4.71. The van der Waals surface area contributed by atoms with Crippen LogP contribution < -0.4 is 15.8 Å². The number of anilines is 1. The van der Waals surface area contributed by atoms with Gasteiger partial charge in [0.1, 0.15) is 5.75 Å². The summed E-state index contributed by atoms with van der Waals surface area (Å²) in [4.78, 5) is 13.3. The van der Waals surface area contributed by atoms with Gasteiger partial charge in [0.25, 0.3) is 5.91 Å². The number of halogens is 1. The Morgan fingerprint density at radius 2 is 1.60 bits per heavy atom. The number of ether oxygens (including phenoxy) is 2. The maximum absolute atomic E-state index is 13.3. The number of nitrogens with one attached hydrogen (secondary N) is 1. The van der Waals surface area contributed by atoms with Gasteiger partial charge in [0.05, 0.1) is 11.5 Å². The first-order valence-corrected chi connectivity index (χ1v) is 10.4. The van der Waals surface area contributed by atoms with Crippen LogP contribution >= 0.6 is 15.9 Å². The summed E-state index contributed by atoms with van der Waals surface area (Å²) >= 11 is 3.48. The summed E-state index contributed by atoms with van der Waals surface area (Å²) < 4.78 is 13.3. The summed E-state index contributed by atoms with van der Waals surface area (Å²) in [5.74, 6) is 0.197. The standard InChI is InChI=1S/C24H19BrN2O3/c25-15-12-10-14(11-13-15)19-20(24(28)27-16-6-2-1-3-7-16)23(26)30-21-17-8-4-5-9-18(17)29-22(19)21/h1-13,19,21-22H,26H2,(H,27,28)/t19-,21+,22+/m0/s1. The highest BCUT2D eigenvalue weighted by molar-refractivity contribution is 9.10. The molecule has 3 atom stereocenters. The number of nitrogens with two attached hydrogens (primary N) is 1. The van der Waals surface area contributed by atoms with Crippen LogP contribution in [0.15, 0.2) is 94.8 Å². The van der Waals surface area contributed by atoms with Gasteiger partial charge >= 0.3 is 0 Å². The molecule has 3 aromatic rings. The molecule has 2 heterocycles. The Morgan fingerprint density at radius 1 is 0.900 bits per heavy atom. The van der Waals surface area contributed by atoms with Gasteiger partial charge < -0.3 is 20.5 Å². The van der Waals surface area contributed by atoms with Crippen molar-refractivity contribution in [2.24, 2.45) is 5.73 Å². The summed E-state index contributed by atoms with van der Waals surface area (Å²) in [5, 5.41) is 2.93. The van der Waals surface area contributed by atoms with Gasteiger partial charge in [0.15, 0.2) is 18.1 Å². The van der Waals surface area contributed by atoms with Crippen molar-refractivity contribution in [3.8, 4) is 5.75 Å². The zero-order valence-corrected chi connectivity index (χ0v) is 17.5. The van der Waals surface area contributed by atoms with E-state index < -0.39 is 6.10 Å². The topological polar surface area (TPSA) is 73.6 Å². The van der Waals surface area contributed by atoms with E-state index in [4.69, 9.17) is 15.2 Å². The van der Waals surface area contributed by atoms with Gasteiger partial charge in [0, 0.05) is 15.7 Å². The number of amides is 1. The fourth-order valence-electron chi connectivity index (χ4n) is 4.10. The quantitative estimate of drug-likeness (QED) is 0.581. The van der Waals surface area contributed by atoms with Crippen LogP contribution in [0.4, 0.5) is 5.69 Å². The van der Waals surface area contributed by atoms with Gasteiger partial charge in [-0.1, -0.05) is 64.5 Å². The number of carbonyl (C=O) groups is 1. The van der Waals surface area contributed by atoms with Crippen molar-refractivity contribution in [3.05, 3.63) is 106 Å². The Hall–Kier alpha value is -3.25. The molecule has 0 spiro atoms. The predicted octanol–water partition coefficient (Wildman–Crippen LogP) is 4.87. The van der Waals surface area contributed by atoms with E-state index in [0.29, 0.717) is 11.3 Å². The molecule has 0 bridgehead atoms. The largest absolute Gasteiger partial charge is 0.485 e. The fourth-order valence-corrected chi connectivity index (χ4v) is 4.36. The monoisotopic (exact) mass is 462 g/mol. The first kappa shape index (κ1) is 18.8. The molecule has 3 aromatic carbocycles. The second kappa shape index (κ2) is 7.54. The molecule has 0 saturated heterocycles. The van der Waals surface area contributed by atoms with Crippen molar-refractivity contribution in [1.29, 1.82) is 0 Å². The van der Waals surface area contributed by atoms with Gasteiger partial charge in [-0.3, -0.25) is 4.79 Å². The summed E-state index contributed by atoms with van der Waals surface area (Å²) in [6.45, 7) is 0. The van der Waals surface area contributed by atoms with Gasteiger partial charge in [0.2, 0.25) is 0 Å². The number of carbonyl (C=O) groups excluding carboxylic acids is 1. The molecule has 0 saturated carbocycles. The van der Waals surface area contributed by atoms with Gasteiger partial charge in [-0.05, 0) is 35.9 Å². The van der Waals surface area contributed by atoms with E-state index in [2.05, 4.69) is 21.2 Å². The summed E-state index contributed by atoms with van der Waals surface area (Å²) in [6.07, 6.45) is -0.768. The Bertz CT molecular complexity index is 1130. The Balaban J connectivity index is 1.58. The number of hydrogen-bond donors (Lipinski definition) is 2. The molecule has 3 N–H and O–H groups in total. The number of hydrogen-bond acceptors (Lipinski definition) is 4. The van der Waals surface area contributed by atoms with Crippen LogP contribution in [-0.2, 0) is 9.53 Å². The molecule has 0 unspecified atom stereocenters. The lowest BCUT2D eigenvalue weighted by molar-refractivity contribution is -0.114. The van der Waals surface area contributed by atoms with Crippen molar-refractivity contribution in [1.82, 2.24) is 0 Å². The van der Waals surface area contributed by atoms with E-state index in [1.807, 2.05) is 78.9 Å². The van der Waals surface area contributed by atoms with E-state index in [9.17, 15) is 4.79 Å². The lowest BCUT2D eigenvalue weighted by Crippen LogP contribution is -2.40. The second-order valence-corrected chi connectivity index (χ2v) is 8.20. The summed E-state index contributed by atoms with van der Waals surface area (Å²) in [5.41, 5.74) is 9.27. The van der Waals surface area contributed by atoms with Crippen molar-refractivity contribution < 1.29 is 14.3 Å². The zero-order valence-electron chi connectivity index (χ0n) is 15.9. The molecule has 6 heteroatoms. The third kappa shape index (κ3) is 3.23. The van der Waals surface area contributed by atoms with Crippen molar-refractivity contribution >= 4 is 27.5 Å². The third-order valence-electron chi connectivity index (χ3n) is 5.45. The number of para-hydroxylation sites is 2. The van der Waals surface area contributed by atoms with E-state index >= 15 is 0 Å². The SMILES string of the molecule is NC1=C(C(=O)Nc2ccccc2)[C@H](c2ccc(Br)cc2)[C@H]2Oc3ccccc3[C@H]2O1. The highest BCUT2D eigenvalue weighted by atomic mass is 79.9. The van der Waals surface area contributed by atoms with Gasteiger partial charge in [-0.2, -0.15) is 0 Å². The van der Waals surface area contributed by atoms with Crippen LogP contribution in [0.5, 0.6) is 5.75 Å². The van der Waals surface area contributed by atoms with Crippen LogP contribution in [0.1, 0.15) is 23.1 Å². The minimum absolute atomic E-state index is 0.123. The molecule has 5 rings (SSSR count). The lowest BCUT2D eigenvalue weighted by Gasteiger charge is -2.35. The molecule has 2 aliphatic rings. The number of benzene rings is 3. The molecular formula is C24H19BrN2O3. The van der Waals surface area contributed by atoms with Crippen LogP contribution in [-0.4, -0.2) is 12.0 Å². The Labute approximate surface area is 182 Å². The number of fused-ring (bicyclic) bond motifs is 3. The lowest BCUT2D eigenvalue weighted by atomic mass is 9.81. The van der Waals surface area contributed by atoms with Crippen LogP contribution in [0.3, 0.4) is 0 Å².